The van der Waals surface area contributed by atoms with Crippen LogP contribution < -0.4 is 0 Å². The molecule has 0 aliphatic heterocycles. The fourth-order valence-corrected chi connectivity index (χ4v) is 1.77. The molecule has 1 aromatic heterocycles. The lowest BCUT2D eigenvalue weighted by atomic mass is 10.1. The van der Waals surface area contributed by atoms with E-state index in [0.29, 0.717) is 21.8 Å². The predicted molar refractivity (Wildman–Crippen MR) is 63.8 cm³/mol. The van der Waals surface area contributed by atoms with Crippen LogP contribution in [0.25, 0.3) is 11.3 Å². The third-order valence-electron chi connectivity index (χ3n) is 2.26. The molecule has 0 bridgehead atoms. The van der Waals surface area contributed by atoms with E-state index in [0.717, 1.165) is 0 Å². The summed E-state index contributed by atoms with van der Waals surface area (Å²) in [7, 11) is 0. The Morgan fingerprint density at radius 1 is 1.35 bits per heavy atom. The molecule has 5 heteroatoms. The highest BCUT2D eigenvalue weighted by atomic mass is 35.5. The van der Waals surface area contributed by atoms with Crippen LogP contribution in [0.3, 0.4) is 0 Å². The maximum Gasteiger partial charge on any atom is 0.307 e. The summed E-state index contributed by atoms with van der Waals surface area (Å²) in [6.07, 6.45) is 2.76. The monoisotopic (exact) mass is 248 g/mol. The zero-order chi connectivity index (χ0) is 12.3. The molecule has 0 spiro atoms. The molecule has 0 unspecified atom stereocenters. The van der Waals surface area contributed by atoms with Gasteiger partial charge in [-0.3, -0.25) is 4.79 Å². The van der Waals surface area contributed by atoms with Gasteiger partial charge >= 0.3 is 5.97 Å². The Kier molecular flexibility index (Phi) is 3.35. The van der Waals surface area contributed by atoms with Crippen LogP contribution in [0.15, 0.2) is 36.8 Å². The standard InChI is InChI=1S/C12H9ClN2O2/c13-10-4-2-1-3-9(10)12-8(5-11(16)17)6-14-7-15-12/h1-4,6-7H,5H2,(H,16,17). The fraction of sp³-hybridized carbons (Fsp3) is 0.0833. The van der Waals surface area contributed by atoms with Gasteiger partial charge in [0.15, 0.2) is 0 Å². The second-order valence-electron chi connectivity index (χ2n) is 3.45. The Bertz CT molecular complexity index is 558. The van der Waals surface area contributed by atoms with Crippen LogP contribution in [-0.2, 0) is 11.2 Å². The highest BCUT2D eigenvalue weighted by Gasteiger charge is 2.12. The number of nitrogens with zero attached hydrogens (tertiary/aromatic N) is 2. The molecule has 0 aliphatic rings. The minimum atomic E-state index is -0.923. The van der Waals surface area contributed by atoms with Crippen molar-refractivity contribution in [1.82, 2.24) is 9.97 Å². The summed E-state index contributed by atoms with van der Waals surface area (Å²) in [5.74, 6) is -0.923. The van der Waals surface area contributed by atoms with Crippen LogP contribution in [0.4, 0.5) is 0 Å². The zero-order valence-electron chi connectivity index (χ0n) is 8.80. The highest BCUT2D eigenvalue weighted by Crippen LogP contribution is 2.28. The summed E-state index contributed by atoms with van der Waals surface area (Å²) in [6.45, 7) is 0. The molecule has 2 rings (SSSR count). The minimum absolute atomic E-state index is 0.124. The van der Waals surface area contributed by atoms with E-state index >= 15 is 0 Å². The van der Waals surface area contributed by atoms with E-state index in [-0.39, 0.29) is 6.42 Å². The van der Waals surface area contributed by atoms with Crippen molar-refractivity contribution in [3.63, 3.8) is 0 Å². The van der Waals surface area contributed by atoms with E-state index in [9.17, 15) is 4.79 Å². The van der Waals surface area contributed by atoms with Crippen molar-refractivity contribution >= 4 is 17.6 Å². The molecule has 0 saturated carbocycles. The number of carboxylic acids is 1. The molecule has 2 aromatic rings. The number of benzene rings is 1. The van der Waals surface area contributed by atoms with Gasteiger partial charge in [0.05, 0.1) is 12.1 Å². The molecule has 0 amide bonds. The van der Waals surface area contributed by atoms with Crippen molar-refractivity contribution in [1.29, 1.82) is 0 Å². The Labute approximate surface area is 103 Å². The lowest BCUT2D eigenvalue weighted by Crippen LogP contribution is -2.04. The van der Waals surface area contributed by atoms with E-state index in [4.69, 9.17) is 16.7 Å². The van der Waals surface area contributed by atoms with E-state index in [1.807, 2.05) is 12.1 Å². The molecule has 1 aromatic carbocycles. The molecule has 4 nitrogen and oxygen atoms in total. The second-order valence-corrected chi connectivity index (χ2v) is 3.85. The number of halogens is 1. The van der Waals surface area contributed by atoms with Crippen molar-refractivity contribution in [3.05, 3.63) is 47.4 Å². The van der Waals surface area contributed by atoms with Crippen molar-refractivity contribution in [2.75, 3.05) is 0 Å². The molecule has 17 heavy (non-hydrogen) atoms. The van der Waals surface area contributed by atoms with Gasteiger partial charge in [-0.1, -0.05) is 29.8 Å². The maximum absolute atomic E-state index is 10.7. The Morgan fingerprint density at radius 3 is 2.82 bits per heavy atom. The van der Waals surface area contributed by atoms with Gasteiger partial charge in [0.25, 0.3) is 0 Å². The lowest BCUT2D eigenvalue weighted by molar-refractivity contribution is -0.136. The minimum Gasteiger partial charge on any atom is -0.481 e. The van der Waals surface area contributed by atoms with E-state index < -0.39 is 5.97 Å². The Balaban J connectivity index is 2.52. The summed E-state index contributed by atoms with van der Waals surface area (Å²) in [4.78, 5) is 18.7. The number of aromatic nitrogens is 2. The molecule has 86 valence electrons. The van der Waals surface area contributed by atoms with E-state index in [1.54, 1.807) is 12.1 Å². The Morgan fingerprint density at radius 2 is 2.12 bits per heavy atom. The molecular formula is C12H9ClN2O2. The second kappa shape index (κ2) is 4.93. The van der Waals surface area contributed by atoms with Gasteiger partial charge in [-0.2, -0.15) is 0 Å². The van der Waals surface area contributed by atoms with Gasteiger partial charge < -0.3 is 5.11 Å². The maximum atomic E-state index is 10.7. The number of aliphatic carboxylic acids is 1. The topological polar surface area (TPSA) is 63.1 Å². The normalized spacial score (nSPS) is 10.2. The highest BCUT2D eigenvalue weighted by molar-refractivity contribution is 6.33. The van der Waals surface area contributed by atoms with Crippen molar-refractivity contribution < 1.29 is 9.90 Å². The van der Waals surface area contributed by atoms with Crippen LogP contribution in [0, 0.1) is 0 Å². The van der Waals surface area contributed by atoms with Crippen LogP contribution in [0.2, 0.25) is 5.02 Å². The van der Waals surface area contributed by atoms with Gasteiger partial charge in [0.2, 0.25) is 0 Å². The van der Waals surface area contributed by atoms with E-state index in [2.05, 4.69) is 9.97 Å². The van der Waals surface area contributed by atoms with Gasteiger partial charge in [0.1, 0.15) is 6.33 Å². The average Bonchev–Trinajstić information content (AvgIpc) is 2.30. The van der Waals surface area contributed by atoms with Gasteiger partial charge in [-0.05, 0) is 6.07 Å². The number of carbonyl (C=O) groups is 1. The smallest absolute Gasteiger partial charge is 0.307 e. The SMILES string of the molecule is O=C(O)Cc1cncnc1-c1ccccc1Cl. The number of rotatable bonds is 3. The molecule has 0 atom stereocenters. The largest absolute Gasteiger partial charge is 0.481 e. The van der Waals surface area contributed by atoms with Crippen LogP contribution >= 0.6 is 11.6 Å². The first-order valence-corrected chi connectivity index (χ1v) is 5.32. The van der Waals surface area contributed by atoms with Gasteiger partial charge in [-0.15, -0.1) is 0 Å². The number of carboxylic acid groups (broad SMARTS) is 1. The summed E-state index contributed by atoms with van der Waals surface area (Å²) in [6, 6.07) is 7.18. The predicted octanol–water partition coefficient (Wildman–Crippen LogP) is 2.42. The summed E-state index contributed by atoms with van der Waals surface area (Å²) in [5.41, 5.74) is 1.83. The molecule has 1 N–H and O–H groups in total. The number of hydrogen-bond donors (Lipinski definition) is 1. The third-order valence-corrected chi connectivity index (χ3v) is 2.59. The van der Waals surface area contributed by atoms with E-state index in [1.165, 1.54) is 12.5 Å². The van der Waals surface area contributed by atoms with Crippen molar-refractivity contribution in [2.45, 2.75) is 6.42 Å². The van der Waals surface area contributed by atoms with Gasteiger partial charge in [0, 0.05) is 22.3 Å². The van der Waals surface area contributed by atoms with Crippen molar-refractivity contribution in [3.8, 4) is 11.3 Å². The first-order valence-electron chi connectivity index (χ1n) is 4.94. The molecule has 0 radical (unpaired) electrons. The molecule has 0 fully saturated rings. The summed E-state index contributed by atoms with van der Waals surface area (Å²) in [5, 5.41) is 9.36. The third kappa shape index (κ3) is 2.60. The summed E-state index contributed by atoms with van der Waals surface area (Å²) < 4.78 is 0. The quantitative estimate of drug-likeness (QED) is 0.906. The van der Waals surface area contributed by atoms with Crippen LogP contribution in [0.5, 0.6) is 0 Å². The zero-order valence-corrected chi connectivity index (χ0v) is 9.55. The Hall–Kier alpha value is -1.94. The molecular weight excluding hydrogens is 240 g/mol. The molecule has 0 saturated heterocycles. The fourth-order valence-electron chi connectivity index (χ4n) is 1.55. The molecule has 1 heterocycles. The van der Waals surface area contributed by atoms with Crippen LogP contribution in [-0.4, -0.2) is 21.0 Å². The van der Waals surface area contributed by atoms with Gasteiger partial charge in [-0.25, -0.2) is 9.97 Å². The van der Waals surface area contributed by atoms with Crippen LogP contribution in [0.1, 0.15) is 5.56 Å². The average molecular weight is 249 g/mol. The lowest BCUT2D eigenvalue weighted by Gasteiger charge is -2.07. The first kappa shape index (κ1) is 11.5. The summed E-state index contributed by atoms with van der Waals surface area (Å²) >= 11 is 6.06. The van der Waals surface area contributed by atoms with Crippen molar-refractivity contribution in [2.24, 2.45) is 0 Å². The number of hydrogen-bond acceptors (Lipinski definition) is 3. The molecule has 0 aliphatic carbocycles. The first-order chi connectivity index (χ1) is 8.18.